The van der Waals surface area contributed by atoms with Gasteiger partial charge in [0.05, 0.1) is 13.7 Å². The predicted octanol–water partition coefficient (Wildman–Crippen LogP) is 5.37. The first-order valence-corrected chi connectivity index (χ1v) is 10.4. The van der Waals surface area contributed by atoms with Gasteiger partial charge in [-0.15, -0.1) is 0 Å². The van der Waals surface area contributed by atoms with Crippen molar-refractivity contribution in [2.75, 3.05) is 17.3 Å². The minimum atomic E-state index is -0.0311. The van der Waals surface area contributed by atoms with Gasteiger partial charge in [0.1, 0.15) is 12.0 Å². The molecule has 160 valence electrons. The van der Waals surface area contributed by atoms with Gasteiger partial charge >= 0.3 is 0 Å². The van der Waals surface area contributed by atoms with E-state index in [-0.39, 0.29) is 5.91 Å². The number of nitrogens with zero attached hydrogens (tertiary/aromatic N) is 1. The van der Waals surface area contributed by atoms with Crippen LogP contribution < -0.4 is 15.0 Å². The number of amides is 1. The van der Waals surface area contributed by atoms with Gasteiger partial charge < -0.3 is 15.0 Å². The van der Waals surface area contributed by atoms with Crippen molar-refractivity contribution in [3.63, 3.8) is 0 Å². The van der Waals surface area contributed by atoms with E-state index < -0.39 is 0 Å². The van der Waals surface area contributed by atoms with Gasteiger partial charge in [-0.2, -0.15) is 0 Å². The number of nitrogens with one attached hydrogen (secondary N) is 1. The first-order valence-electron chi connectivity index (χ1n) is 10.4. The largest absolute Gasteiger partial charge is 0.497 e. The van der Waals surface area contributed by atoms with E-state index in [0.717, 1.165) is 40.2 Å². The smallest absolute Gasteiger partial charge is 0.254 e. The summed E-state index contributed by atoms with van der Waals surface area (Å²) in [6, 6.07) is 24.7. The van der Waals surface area contributed by atoms with E-state index in [1.165, 1.54) is 0 Å². The van der Waals surface area contributed by atoms with Crippen LogP contribution in [0, 0.1) is 0 Å². The fourth-order valence-corrected chi connectivity index (χ4v) is 3.56. The zero-order valence-corrected chi connectivity index (χ0v) is 17.8. The number of rotatable bonds is 8. The molecule has 1 N–H and O–H groups in total. The summed E-state index contributed by atoms with van der Waals surface area (Å²) in [5.41, 5.74) is 5.02. The molecule has 32 heavy (non-hydrogen) atoms. The number of carbonyl (C=O) groups is 2. The van der Waals surface area contributed by atoms with Crippen LogP contribution in [0.25, 0.3) is 0 Å². The number of anilines is 2. The molecule has 0 saturated heterocycles. The average molecular weight is 425 g/mol. The summed E-state index contributed by atoms with van der Waals surface area (Å²) in [4.78, 5) is 26.1. The van der Waals surface area contributed by atoms with Gasteiger partial charge in [0.15, 0.2) is 0 Å². The Bertz CT molecular complexity index is 1150. The number of methoxy groups -OCH3 is 1. The Morgan fingerprint density at radius 3 is 2.34 bits per heavy atom. The van der Waals surface area contributed by atoms with E-state index in [1.807, 2.05) is 78.9 Å². The maximum atomic E-state index is 13.5. The molecule has 0 bridgehead atoms. The van der Waals surface area contributed by atoms with Crippen LogP contribution in [0.5, 0.6) is 5.75 Å². The third-order valence-electron chi connectivity index (χ3n) is 5.31. The Balaban J connectivity index is 1.48. The van der Waals surface area contributed by atoms with Crippen LogP contribution in [0.3, 0.4) is 0 Å². The van der Waals surface area contributed by atoms with E-state index in [2.05, 4.69) is 5.32 Å². The zero-order chi connectivity index (χ0) is 22.3. The minimum Gasteiger partial charge on any atom is -0.497 e. The van der Waals surface area contributed by atoms with Crippen molar-refractivity contribution in [3.05, 3.63) is 113 Å². The summed E-state index contributed by atoms with van der Waals surface area (Å²) in [5, 5.41) is 3.33. The van der Waals surface area contributed by atoms with Crippen molar-refractivity contribution in [1.82, 2.24) is 0 Å². The second-order valence-corrected chi connectivity index (χ2v) is 7.50. The molecule has 0 heterocycles. The Labute approximate surface area is 187 Å². The topological polar surface area (TPSA) is 58.6 Å². The number of benzene rings is 3. The molecule has 0 unspecified atom stereocenters. The molecular formula is C27H24N2O3. The lowest BCUT2D eigenvalue weighted by atomic mass is 10.1. The lowest BCUT2D eigenvalue weighted by Gasteiger charge is -2.24. The molecule has 1 aliphatic carbocycles. The highest BCUT2D eigenvalue weighted by molar-refractivity contribution is 6.06. The van der Waals surface area contributed by atoms with E-state index in [9.17, 15) is 9.59 Å². The van der Waals surface area contributed by atoms with Gasteiger partial charge in [-0.25, -0.2) is 0 Å². The van der Waals surface area contributed by atoms with E-state index >= 15 is 0 Å². The summed E-state index contributed by atoms with van der Waals surface area (Å²) >= 11 is 0. The molecule has 4 rings (SSSR count). The molecule has 0 fully saturated rings. The van der Waals surface area contributed by atoms with Crippen molar-refractivity contribution in [3.8, 4) is 5.75 Å². The number of ether oxygens (including phenoxy) is 1. The Morgan fingerprint density at radius 1 is 0.969 bits per heavy atom. The molecule has 0 aliphatic heterocycles. The quantitative estimate of drug-likeness (QED) is 0.494. The highest BCUT2D eigenvalue weighted by atomic mass is 16.5. The number of hydrogen-bond acceptors (Lipinski definition) is 4. The normalized spacial score (nSPS) is 12.5. The summed E-state index contributed by atoms with van der Waals surface area (Å²) in [6.07, 6.45) is 5.13. The van der Waals surface area contributed by atoms with E-state index in [1.54, 1.807) is 24.1 Å². The molecule has 0 radical (unpaired) electrons. The number of hydrogen-bond donors (Lipinski definition) is 1. The SMILES string of the molecule is COc1ccc(CN(C(=O)C2=CC=C(Nc3ccc(C=O)cc3)C2)c2ccccc2)cc1. The van der Waals surface area contributed by atoms with Crippen molar-refractivity contribution in [2.45, 2.75) is 13.0 Å². The second kappa shape index (κ2) is 9.79. The molecule has 0 atom stereocenters. The van der Waals surface area contributed by atoms with Gasteiger partial charge in [-0.05, 0) is 60.2 Å². The van der Waals surface area contributed by atoms with Crippen LogP contribution in [0.4, 0.5) is 11.4 Å². The molecule has 5 heteroatoms. The van der Waals surface area contributed by atoms with Crippen molar-refractivity contribution in [1.29, 1.82) is 0 Å². The zero-order valence-electron chi connectivity index (χ0n) is 17.8. The molecule has 3 aromatic carbocycles. The van der Waals surface area contributed by atoms with Crippen LogP contribution in [0.2, 0.25) is 0 Å². The van der Waals surface area contributed by atoms with Crippen LogP contribution in [0.15, 0.2) is 102 Å². The molecule has 0 saturated carbocycles. The first-order chi connectivity index (χ1) is 15.7. The lowest BCUT2D eigenvalue weighted by Crippen LogP contribution is -2.31. The fourth-order valence-electron chi connectivity index (χ4n) is 3.56. The summed E-state index contributed by atoms with van der Waals surface area (Å²) in [5.74, 6) is 0.752. The van der Waals surface area contributed by atoms with Gasteiger partial charge in [-0.1, -0.05) is 36.4 Å². The van der Waals surface area contributed by atoms with Crippen molar-refractivity contribution in [2.24, 2.45) is 0 Å². The van der Waals surface area contributed by atoms with Crippen molar-refractivity contribution >= 4 is 23.6 Å². The molecule has 1 aliphatic rings. The van der Waals surface area contributed by atoms with Gasteiger partial charge in [0, 0.05) is 34.6 Å². The lowest BCUT2D eigenvalue weighted by molar-refractivity contribution is -0.115. The van der Waals surface area contributed by atoms with Gasteiger partial charge in [-0.3, -0.25) is 9.59 Å². The fraction of sp³-hybridized carbons (Fsp3) is 0.111. The minimum absolute atomic E-state index is 0.0311. The van der Waals surface area contributed by atoms with E-state index in [0.29, 0.717) is 18.5 Å². The highest BCUT2D eigenvalue weighted by Gasteiger charge is 2.23. The van der Waals surface area contributed by atoms with Gasteiger partial charge in [0.25, 0.3) is 5.91 Å². The number of allylic oxidation sites excluding steroid dienone is 3. The number of para-hydroxylation sites is 1. The predicted molar refractivity (Wildman–Crippen MR) is 127 cm³/mol. The molecule has 0 aromatic heterocycles. The van der Waals surface area contributed by atoms with Crippen LogP contribution in [0.1, 0.15) is 22.3 Å². The molecule has 3 aromatic rings. The molecule has 0 spiro atoms. The average Bonchev–Trinajstić information content (AvgIpc) is 3.32. The Kier molecular flexibility index (Phi) is 6.46. The summed E-state index contributed by atoms with van der Waals surface area (Å²) in [6.45, 7) is 0.458. The second-order valence-electron chi connectivity index (χ2n) is 7.50. The first kappa shape index (κ1) is 21.1. The van der Waals surface area contributed by atoms with Crippen LogP contribution >= 0.6 is 0 Å². The maximum Gasteiger partial charge on any atom is 0.254 e. The third-order valence-corrected chi connectivity index (χ3v) is 5.31. The Hall–Kier alpha value is -4.12. The number of carbonyl (C=O) groups excluding carboxylic acids is 2. The monoisotopic (exact) mass is 424 g/mol. The van der Waals surface area contributed by atoms with Crippen molar-refractivity contribution < 1.29 is 14.3 Å². The summed E-state index contributed by atoms with van der Waals surface area (Å²) in [7, 11) is 1.64. The third kappa shape index (κ3) is 4.95. The van der Waals surface area contributed by atoms with Crippen LogP contribution in [-0.4, -0.2) is 19.3 Å². The highest BCUT2D eigenvalue weighted by Crippen LogP contribution is 2.27. The van der Waals surface area contributed by atoms with Crippen LogP contribution in [-0.2, 0) is 11.3 Å². The Morgan fingerprint density at radius 2 is 1.69 bits per heavy atom. The van der Waals surface area contributed by atoms with Gasteiger partial charge in [0.2, 0.25) is 0 Å². The molecular weight excluding hydrogens is 400 g/mol. The number of aldehydes is 1. The standard InChI is InChI=1S/C27H24N2O3/c1-32-26-15-9-20(10-16-26)18-29(25-5-3-2-4-6-25)27(31)22-11-14-24(17-22)28-23-12-7-21(19-30)8-13-23/h2-16,19,28H,17-18H2,1H3. The molecule has 5 nitrogen and oxygen atoms in total. The maximum absolute atomic E-state index is 13.5. The summed E-state index contributed by atoms with van der Waals surface area (Å²) < 4.78 is 5.24. The molecule has 1 amide bonds. The van der Waals surface area contributed by atoms with E-state index in [4.69, 9.17) is 4.74 Å².